The normalized spacial score (nSPS) is 11.3. The number of nitrogens with two attached hydrogens (primary N) is 1. The SMILES string of the molecule is CC(=O)c1ccccc1CS(N)(=O)=O. The molecule has 1 aromatic carbocycles. The van der Waals surface area contributed by atoms with E-state index in [1.165, 1.54) is 6.92 Å². The molecular formula is C9H11NO3S. The number of sulfonamides is 1. The van der Waals surface area contributed by atoms with E-state index in [9.17, 15) is 13.2 Å². The molecule has 0 bridgehead atoms. The van der Waals surface area contributed by atoms with Gasteiger partial charge in [0.15, 0.2) is 5.78 Å². The summed E-state index contributed by atoms with van der Waals surface area (Å²) in [5, 5.41) is 4.90. The fourth-order valence-electron chi connectivity index (χ4n) is 1.21. The van der Waals surface area contributed by atoms with E-state index in [1.807, 2.05) is 0 Å². The Kier molecular flexibility index (Phi) is 3.03. The molecule has 2 N–H and O–H groups in total. The van der Waals surface area contributed by atoms with Crippen LogP contribution in [0.2, 0.25) is 0 Å². The van der Waals surface area contributed by atoms with Crippen molar-refractivity contribution < 1.29 is 13.2 Å². The quantitative estimate of drug-likeness (QED) is 0.750. The molecule has 0 aliphatic rings. The second kappa shape index (κ2) is 3.89. The number of hydrogen-bond donors (Lipinski definition) is 1. The second-order valence-corrected chi connectivity index (χ2v) is 4.63. The third-order valence-electron chi connectivity index (χ3n) is 1.75. The molecule has 14 heavy (non-hydrogen) atoms. The van der Waals surface area contributed by atoms with Crippen molar-refractivity contribution in [2.24, 2.45) is 5.14 Å². The van der Waals surface area contributed by atoms with Crippen LogP contribution < -0.4 is 5.14 Å². The van der Waals surface area contributed by atoms with Gasteiger partial charge >= 0.3 is 0 Å². The largest absolute Gasteiger partial charge is 0.295 e. The average Bonchev–Trinajstić information content (AvgIpc) is 2.01. The zero-order valence-electron chi connectivity index (χ0n) is 7.73. The monoisotopic (exact) mass is 213 g/mol. The van der Waals surface area contributed by atoms with Crippen LogP contribution >= 0.6 is 0 Å². The van der Waals surface area contributed by atoms with E-state index >= 15 is 0 Å². The number of benzene rings is 1. The van der Waals surface area contributed by atoms with E-state index in [1.54, 1.807) is 24.3 Å². The van der Waals surface area contributed by atoms with Crippen LogP contribution in [-0.2, 0) is 15.8 Å². The van der Waals surface area contributed by atoms with Crippen molar-refractivity contribution in [3.63, 3.8) is 0 Å². The van der Waals surface area contributed by atoms with Crippen molar-refractivity contribution in [1.82, 2.24) is 0 Å². The number of carbonyl (C=O) groups is 1. The Hall–Kier alpha value is -1.20. The van der Waals surface area contributed by atoms with Gasteiger partial charge in [-0.2, -0.15) is 0 Å². The van der Waals surface area contributed by atoms with Crippen molar-refractivity contribution in [2.75, 3.05) is 0 Å². The summed E-state index contributed by atoms with van der Waals surface area (Å²) < 4.78 is 21.7. The molecule has 0 amide bonds. The van der Waals surface area contributed by atoms with E-state index in [4.69, 9.17) is 5.14 Å². The molecule has 0 aliphatic carbocycles. The maximum atomic E-state index is 11.1. The van der Waals surface area contributed by atoms with E-state index < -0.39 is 10.0 Å². The van der Waals surface area contributed by atoms with E-state index in [0.29, 0.717) is 11.1 Å². The minimum absolute atomic E-state index is 0.163. The molecule has 0 spiro atoms. The summed E-state index contributed by atoms with van der Waals surface area (Å²) in [5.74, 6) is -0.466. The first-order chi connectivity index (χ1) is 6.40. The second-order valence-electron chi connectivity index (χ2n) is 3.02. The Morgan fingerprint density at radius 1 is 1.36 bits per heavy atom. The van der Waals surface area contributed by atoms with Crippen molar-refractivity contribution >= 4 is 15.8 Å². The maximum absolute atomic E-state index is 11.1. The van der Waals surface area contributed by atoms with Crippen molar-refractivity contribution in [2.45, 2.75) is 12.7 Å². The Balaban J connectivity index is 3.15. The molecule has 1 rings (SSSR count). The van der Waals surface area contributed by atoms with Gasteiger partial charge in [0, 0.05) is 5.56 Å². The first-order valence-electron chi connectivity index (χ1n) is 3.99. The Morgan fingerprint density at radius 2 is 1.93 bits per heavy atom. The van der Waals surface area contributed by atoms with Gasteiger partial charge in [-0.05, 0) is 12.5 Å². The highest BCUT2D eigenvalue weighted by molar-refractivity contribution is 7.88. The summed E-state index contributed by atoms with van der Waals surface area (Å²) in [4.78, 5) is 11.1. The molecule has 0 fully saturated rings. The van der Waals surface area contributed by atoms with Crippen LogP contribution in [0.1, 0.15) is 22.8 Å². The van der Waals surface area contributed by atoms with Crippen LogP contribution in [0.4, 0.5) is 0 Å². The van der Waals surface area contributed by atoms with Gasteiger partial charge in [0.25, 0.3) is 0 Å². The van der Waals surface area contributed by atoms with Crippen molar-refractivity contribution in [3.8, 4) is 0 Å². The van der Waals surface area contributed by atoms with Crippen molar-refractivity contribution in [1.29, 1.82) is 0 Å². The Morgan fingerprint density at radius 3 is 2.43 bits per heavy atom. The molecule has 0 radical (unpaired) electrons. The number of primary sulfonamides is 1. The Bertz CT molecular complexity index is 451. The lowest BCUT2D eigenvalue weighted by Crippen LogP contribution is -2.16. The topological polar surface area (TPSA) is 77.2 Å². The highest BCUT2D eigenvalue weighted by atomic mass is 32.2. The number of ketones is 1. The van der Waals surface area contributed by atoms with Crippen LogP contribution in [0.25, 0.3) is 0 Å². The van der Waals surface area contributed by atoms with Gasteiger partial charge in [0.2, 0.25) is 10.0 Å². The smallest absolute Gasteiger partial charge is 0.213 e. The molecule has 0 aromatic heterocycles. The standard InChI is InChI=1S/C9H11NO3S/c1-7(11)9-5-3-2-4-8(9)6-14(10,12)13/h2-5H,6H2,1H3,(H2,10,12,13). The van der Waals surface area contributed by atoms with Crippen molar-refractivity contribution in [3.05, 3.63) is 35.4 Å². The predicted molar refractivity (Wildman–Crippen MR) is 53.3 cm³/mol. The summed E-state index contributed by atoms with van der Waals surface area (Å²) in [6, 6.07) is 6.53. The highest BCUT2D eigenvalue weighted by Crippen LogP contribution is 2.11. The predicted octanol–water partition coefficient (Wildman–Crippen LogP) is 0.678. The molecule has 5 heteroatoms. The van der Waals surface area contributed by atoms with E-state index in [0.717, 1.165) is 0 Å². The molecule has 0 saturated heterocycles. The van der Waals surface area contributed by atoms with Crippen LogP contribution in [0, 0.1) is 0 Å². The number of hydrogen-bond acceptors (Lipinski definition) is 3. The molecular weight excluding hydrogens is 202 g/mol. The molecule has 0 aliphatic heterocycles. The highest BCUT2D eigenvalue weighted by Gasteiger charge is 2.11. The molecule has 0 unspecified atom stereocenters. The third kappa shape index (κ3) is 2.93. The molecule has 76 valence electrons. The average molecular weight is 213 g/mol. The lowest BCUT2D eigenvalue weighted by Gasteiger charge is -2.04. The summed E-state index contributed by atoms with van der Waals surface area (Å²) in [5.41, 5.74) is 0.851. The first-order valence-corrected chi connectivity index (χ1v) is 5.71. The fraction of sp³-hybridized carbons (Fsp3) is 0.222. The molecule has 0 atom stereocenters. The summed E-state index contributed by atoms with van der Waals surface area (Å²) >= 11 is 0. The first kappa shape index (κ1) is 10.9. The summed E-state index contributed by atoms with van der Waals surface area (Å²) in [6.07, 6.45) is 0. The Labute approximate surface area is 82.8 Å². The van der Waals surface area contributed by atoms with Gasteiger partial charge in [-0.25, -0.2) is 13.6 Å². The van der Waals surface area contributed by atoms with Gasteiger partial charge in [0.05, 0.1) is 5.75 Å². The van der Waals surface area contributed by atoms with Gasteiger partial charge in [0.1, 0.15) is 0 Å². The number of rotatable bonds is 3. The minimum atomic E-state index is -3.59. The van der Waals surface area contributed by atoms with Gasteiger partial charge in [-0.15, -0.1) is 0 Å². The van der Waals surface area contributed by atoms with E-state index in [-0.39, 0.29) is 11.5 Å². The van der Waals surface area contributed by atoms with Crippen LogP contribution in [0.3, 0.4) is 0 Å². The van der Waals surface area contributed by atoms with Crippen LogP contribution in [0.15, 0.2) is 24.3 Å². The zero-order valence-corrected chi connectivity index (χ0v) is 8.54. The minimum Gasteiger partial charge on any atom is -0.295 e. The van der Waals surface area contributed by atoms with Crippen LogP contribution in [-0.4, -0.2) is 14.2 Å². The lowest BCUT2D eigenvalue weighted by molar-refractivity contribution is 0.101. The number of Topliss-reactive ketones (excluding diaryl/α,β-unsaturated/α-hetero) is 1. The number of carbonyl (C=O) groups excluding carboxylic acids is 1. The molecule has 4 nitrogen and oxygen atoms in total. The van der Waals surface area contributed by atoms with E-state index in [2.05, 4.69) is 0 Å². The van der Waals surface area contributed by atoms with Crippen LogP contribution in [0.5, 0.6) is 0 Å². The molecule has 0 saturated carbocycles. The molecule has 1 aromatic rings. The van der Waals surface area contributed by atoms with Gasteiger partial charge in [-0.1, -0.05) is 24.3 Å². The fourth-order valence-corrected chi connectivity index (χ4v) is 1.89. The van der Waals surface area contributed by atoms with Gasteiger partial charge in [-0.3, -0.25) is 4.79 Å². The lowest BCUT2D eigenvalue weighted by atomic mass is 10.1. The van der Waals surface area contributed by atoms with Gasteiger partial charge < -0.3 is 0 Å². The summed E-state index contributed by atoms with van der Waals surface area (Å²) in [7, 11) is -3.59. The maximum Gasteiger partial charge on any atom is 0.213 e. The summed E-state index contributed by atoms with van der Waals surface area (Å²) in [6.45, 7) is 1.39. The zero-order chi connectivity index (χ0) is 10.8. The molecule has 0 heterocycles. The third-order valence-corrected chi connectivity index (χ3v) is 2.47.